The van der Waals surface area contributed by atoms with Crippen LogP contribution in [0.3, 0.4) is 0 Å². The molecule has 0 spiro atoms. The van der Waals surface area contributed by atoms with Crippen LogP contribution in [0.4, 0.5) is 0 Å². The molecule has 6 atom stereocenters. The Kier molecular flexibility index (Phi) is 6.63. The molecule has 0 aromatic heterocycles. The molecular formula is C28H36N2O7. The number of ketones is 2. The lowest BCUT2D eigenvalue weighted by Crippen LogP contribution is -2.67. The highest BCUT2D eigenvalue weighted by Crippen LogP contribution is 2.54. The fourth-order valence-electron chi connectivity index (χ4n) is 6.45. The van der Waals surface area contributed by atoms with Crippen molar-refractivity contribution >= 4 is 17.5 Å². The van der Waals surface area contributed by atoms with E-state index in [1.54, 1.807) is 38.1 Å². The highest BCUT2D eigenvalue weighted by Gasteiger charge is 2.65. The molecule has 0 aliphatic heterocycles. The number of phenolic OH excluding ortho intramolecular Hbond substituents is 1. The van der Waals surface area contributed by atoms with Gasteiger partial charge in [0.2, 0.25) is 5.78 Å². The maximum absolute atomic E-state index is 13.8. The fourth-order valence-corrected chi connectivity index (χ4v) is 6.45. The second kappa shape index (κ2) is 9.08. The average molecular weight is 513 g/mol. The smallest absolute Gasteiger partial charge is 0.255 e. The minimum absolute atomic E-state index is 0.0377. The van der Waals surface area contributed by atoms with Crippen LogP contribution in [-0.2, 0) is 9.59 Å². The van der Waals surface area contributed by atoms with Crippen molar-refractivity contribution in [3.05, 3.63) is 52.3 Å². The Morgan fingerprint density at radius 2 is 1.84 bits per heavy atom. The van der Waals surface area contributed by atoms with Crippen LogP contribution < -0.4 is 5.32 Å². The summed E-state index contributed by atoms with van der Waals surface area (Å²) < 4.78 is 0. The number of aliphatic hydroxyl groups is 3. The molecule has 0 heterocycles. The van der Waals surface area contributed by atoms with Crippen molar-refractivity contribution in [3.8, 4) is 5.75 Å². The summed E-state index contributed by atoms with van der Waals surface area (Å²) in [7, 11) is 3.36. The molecule has 0 radical (unpaired) electrons. The van der Waals surface area contributed by atoms with Crippen LogP contribution in [0.2, 0.25) is 0 Å². The van der Waals surface area contributed by atoms with Crippen molar-refractivity contribution < 1.29 is 34.8 Å². The molecule has 0 saturated heterocycles. The minimum atomic E-state index is -2.71. The predicted octanol–water partition coefficient (Wildman–Crippen LogP) is 1.98. The summed E-state index contributed by atoms with van der Waals surface area (Å²) in [6.45, 7) is 7.37. The number of aliphatic hydroxyl groups excluding tert-OH is 2. The van der Waals surface area contributed by atoms with Gasteiger partial charge in [-0.3, -0.25) is 14.4 Å². The van der Waals surface area contributed by atoms with Gasteiger partial charge in [-0.15, -0.1) is 0 Å². The van der Waals surface area contributed by atoms with Crippen LogP contribution in [-0.4, -0.2) is 80.2 Å². The third-order valence-electron chi connectivity index (χ3n) is 8.21. The number of likely N-dealkylation sites (N-methyl/N-ethyl adjacent to an activating group) is 1. The van der Waals surface area contributed by atoms with Crippen LogP contribution in [0, 0.1) is 11.8 Å². The molecule has 0 saturated carbocycles. The van der Waals surface area contributed by atoms with E-state index in [2.05, 4.69) is 5.32 Å². The van der Waals surface area contributed by atoms with Crippen LogP contribution >= 0.6 is 0 Å². The first-order valence-corrected chi connectivity index (χ1v) is 12.6. The van der Waals surface area contributed by atoms with Crippen molar-refractivity contribution in [2.75, 3.05) is 14.1 Å². The minimum Gasteiger partial charge on any atom is -0.508 e. The second-order valence-electron chi connectivity index (χ2n) is 11.4. The van der Waals surface area contributed by atoms with Crippen LogP contribution in [0.15, 0.2) is 41.2 Å². The van der Waals surface area contributed by atoms with Crippen LogP contribution in [0.5, 0.6) is 5.75 Å². The van der Waals surface area contributed by atoms with Gasteiger partial charge in [0.05, 0.1) is 17.2 Å². The lowest BCUT2D eigenvalue weighted by atomic mass is 9.55. The number of carbonyl (C=O) groups excluding carboxylic acids is 3. The summed E-state index contributed by atoms with van der Waals surface area (Å²) >= 11 is 0. The van der Waals surface area contributed by atoms with E-state index in [4.69, 9.17) is 0 Å². The molecule has 0 fully saturated rings. The molecule has 9 nitrogen and oxygen atoms in total. The number of rotatable bonds is 5. The number of benzene rings is 1. The van der Waals surface area contributed by atoms with Crippen LogP contribution in [0.1, 0.15) is 62.4 Å². The van der Waals surface area contributed by atoms with E-state index in [1.807, 2.05) is 20.8 Å². The highest BCUT2D eigenvalue weighted by atomic mass is 16.4. The zero-order valence-corrected chi connectivity index (χ0v) is 22.1. The van der Waals surface area contributed by atoms with E-state index in [0.717, 1.165) is 6.42 Å². The molecule has 3 aliphatic carbocycles. The Morgan fingerprint density at radius 3 is 2.43 bits per heavy atom. The molecule has 200 valence electrons. The van der Waals surface area contributed by atoms with Gasteiger partial charge in [-0.25, -0.2) is 0 Å². The topological polar surface area (TPSA) is 147 Å². The number of hydrogen-bond donors (Lipinski definition) is 5. The molecule has 4 rings (SSSR count). The second-order valence-corrected chi connectivity index (χ2v) is 11.4. The van der Waals surface area contributed by atoms with Gasteiger partial charge in [-0.05, 0) is 51.9 Å². The monoisotopic (exact) mass is 512 g/mol. The number of fused-ring (bicyclic) bond motifs is 3. The van der Waals surface area contributed by atoms with Gasteiger partial charge in [-0.2, -0.15) is 0 Å². The van der Waals surface area contributed by atoms with Crippen molar-refractivity contribution in [2.24, 2.45) is 11.8 Å². The van der Waals surface area contributed by atoms with Crippen molar-refractivity contribution in [2.45, 2.75) is 69.7 Å². The summed E-state index contributed by atoms with van der Waals surface area (Å²) in [6, 6.07) is 3.80. The van der Waals surface area contributed by atoms with Crippen molar-refractivity contribution in [1.29, 1.82) is 0 Å². The molecule has 0 unspecified atom stereocenters. The lowest BCUT2D eigenvalue weighted by molar-refractivity contribution is -0.159. The first kappa shape index (κ1) is 27.0. The Hall–Kier alpha value is -3.01. The van der Waals surface area contributed by atoms with E-state index in [9.17, 15) is 34.8 Å². The van der Waals surface area contributed by atoms with Gasteiger partial charge in [-0.1, -0.05) is 38.5 Å². The number of Topliss-reactive ketones (excluding diaryl/α,β-unsaturated/α-hetero) is 2. The maximum Gasteiger partial charge on any atom is 0.255 e. The molecule has 0 bridgehead atoms. The lowest BCUT2D eigenvalue weighted by Gasteiger charge is -2.53. The summed E-state index contributed by atoms with van der Waals surface area (Å²) in [4.78, 5) is 42.3. The Morgan fingerprint density at radius 1 is 1.19 bits per heavy atom. The maximum atomic E-state index is 13.8. The third kappa shape index (κ3) is 3.91. The molecule has 1 aromatic rings. The first-order valence-electron chi connectivity index (χ1n) is 12.6. The van der Waals surface area contributed by atoms with Gasteiger partial charge in [0.15, 0.2) is 11.4 Å². The highest BCUT2D eigenvalue weighted by molar-refractivity contribution is 6.25. The van der Waals surface area contributed by atoms with Crippen molar-refractivity contribution in [3.63, 3.8) is 0 Å². The van der Waals surface area contributed by atoms with E-state index >= 15 is 0 Å². The van der Waals surface area contributed by atoms with Gasteiger partial charge >= 0.3 is 0 Å². The predicted molar refractivity (Wildman–Crippen MR) is 136 cm³/mol. The summed E-state index contributed by atoms with van der Waals surface area (Å²) in [5.74, 6) is -6.42. The Balaban J connectivity index is 1.91. The summed E-state index contributed by atoms with van der Waals surface area (Å²) in [5, 5.41) is 48.3. The number of nitrogens with one attached hydrogen (secondary N) is 1. The molecule has 3 aliphatic rings. The third-order valence-corrected chi connectivity index (χ3v) is 8.21. The van der Waals surface area contributed by atoms with Gasteiger partial charge in [0, 0.05) is 29.0 Å². The van der Waals surface area contributed by atoms with Gasteiger partial charge < -0.3 is 30.6 Å². The van der Waals surface area contributed by atoms with Crippen molar-refractivity contribution in [1.82, 2.24) is 10.2 Å². The molecule has 37 heavy (non-hydrogen) atoms. The molecular weight excluding hydrogens is 476 g/mol. The largest absolute Gasteiger partial charge is 0.508 e. The number of hydrogen-bond acceptors (Lipinski definition) is 8. The number of carbonyl (C=O) groups is 3. The molecule has 5 N–H and O–H groups in total. The Labute approximate surface area is 216 Å². The normalized spacial score (nSPS) is 31.5. The number of nitrogens with zero attached hydrogens (tertiary/aromatic N) is 1. The SMILES string of the molecule is CCCC(C)(C)NC(=O)C1=C[C@@H](N(C)C)[C@@H]2[C@@H](O)[C@H]3C(=C(O)[C@]2(O)C1=O)C(=O)c1c(O)cccc1[C@@H]3C. The zero-order valence-electron chi connectivity index (χ0n) is 22.1. The van der Waals surface area contributed by atoms with Gasteiger partial charge in [0.1, 0.15) is 11.5 Å². The summed E-state index contributed by atoms with van der Waals surface area (Å²) in [5.41, 5.74) is -3.54. The van der Waals surface area contributed by atoms with E-state index < -0.39 is 64.3 Å². The first-order chi connectivity index (χ1) is 17.2. The van der Waals surface area contributed by atoms with E-state index in [-0.39, 0.29) is 22.5 Å². The molecule has 1 aromatic carbocycles. The average Bonchev–Trinajstić information content (AvgIpc) is 2.80. The van der Waals surface area contributed by atoms with Crippen LogP contribution in [0.25, 0.3) is 0 Å². The number of amides is 1. The van der Waals surface area contributed by atoms with E-state index in [0.29, 0.717) is 12.0 Å². The number of phenols is 1. The molecule has 9 heteroatoms. The quantitative estimate of drug-likeness (QED) is 0.376. The Bertz CT molecular complexity index is 1230. The molecule has 1 amide bonds. The fraction of sp³-hybridized carbons (Fsp3) is 0.536. The van der Waals surface area contributed by atoms with Gasteiger partial charge in [0.25, 0.3) is 5.91 Å². The standard InChI is InChI=1S/C28H36N2O7/c1-7-11-27(3,4)29-26(36)15-12-16(30(5)6)21-23(33)18-13(2)14-9-8-10-17(31)19(14)22(32)20(18)25(35)28(21,37)24(15)34/h8-10,12-13,16,18,21,23,31,33,35,37H,7,11H2,1-6H3,(H,29,36)/t13-,16+,18+,21+,23-,28+/m0/s1. The van der Waals surface area contributed by atoms with E-state index in [1.165, 1.54) is 12.1 Å². The zero-order chi connectivity index (χ0) is 27.6. The number of aromatic hydroxyl groups is 1. The summed E-state index contributed by atoms with van der Waals surface area (Å²) in [6.07, 6.45) is 1.45.